The van der Waals surface area contributed by atoms with Crippen LogP contribution in [0, 0.1) is 20.8 Å². The Morgan fingerprint density at radius 2 is 1.75 bits per heavy atom. The van der Waals surface area contributed by atoms with Crippen LogP contribution >= 0.6 is 15.9 Å². The second-order valence-corrected chi connectivity index (χ2v) is 6.40. The first-order valence-electron chi connectivity index (χ1n) is 7.03. The minimum absolute atomic E-state index is 0.360. The third kappa shape index (κ3) is 3.71. The predicted molar refractivity (Wildman–Crippen MR) is 90.0 cm³/mol. The SMILES string of the molecule is Cc1ccc(C)c(C(C)NCc2ccc(Br)c(C)c2)c1. The van der Waals surface area contributed by atoms with E-state index in [2.05, 4.69) is 85.3 Å². The molecule has 0 aromatic heterocycles. The molecule has 0 radical (unpaired) electrons. The van der Waals surface area contributed by atoms with E-state index in [1.165, 1.54) is 32.3 Å². The molecule has 20 heavy (non-hydrogen) atoms. The third-order valence-electron chi connectivity index (χ3n) is 3.74. The number of nitrogens with one attached hydrogen (secondary N) is 1. The molecule has 2 aromatic carbocycles. The molecule has 0 aliphatic carbocycles. The van der Waals surface area contributed by atoms with Gasteiger partial charge < -0.3 is 5.32 Å². The Morgan fingerprint density at radius 3 is 2.45 bits per heavy atom. The van der Waals surface area contributed by atoms with Gasteiger partial charge in [-0.3, -0.25) is 0 Å². The zero-order valence-corrected chi connectivity index (χ0v) is 14.2. The molecule has 0 amide bonds. The Hall–Kier alpha value is -1.12. The molecule has 0 saturated heterocycles. The van der Waals surface area contributed by atoms with E-state index >= 15 is 0 Å². The first-order chi connectivity index (χ1) is 9.47. The van der Waals surface area contributed by atoms with Crippen molar-refractivity contribution in [3.63, 3.8) is 0 Å². The van der Waals surface area contributed by atoms with Gasteiger partial charge in [0.15, 0.2) is 0 Å². The van der Waals surface area contributed by atoms with E-state index in [9.17, 15) is 0 Å². The van der Waals surface area contributed by atoms with Gasteiger partial charge in [0, 0.05) is 17.1 Å². The molecule has 1 nitrogen and oxygen atoms in total. The van der Waals surface area contributed by atoms with Crippen molar-refractivity contribution in [3.05, 3.63) is 68.7 Å². The zero-order chi connectivity index (χ0) is 14.7. The Morgan fingerprint density at radius 1 is 1.00 bits per heavy atom. The maximum atomic E-state index is 3.61. The van der Waals surface area contributed by atoms with Crippen LogP contribution in [0.15, 0.2) is 40.9 Å². The monoisotopic (exact) mass is 331 g/mol. The van der Waals surface area contributed by atoms with Crippen LogP contribution in [0.25, 0.3) is 0 Å². The summed E-state index contributed by atoms with van der Waals surface area (Å²) in [6.07, 6.45) is 0. The van der Waals surface area contributed by atoms with Crippen molar-refractivity contribution >= 4 is 15.9 Å². The lowest BCUT2D eigenvalue weighted by Gasteiger charge is -2.17. The lowest BCUT2D eigenvalue weighted by atomic mass is 10.00. The summed E-state index contributed by atoms with van der Waals surface area (Å²) in [6.45, 7) is 9.57. The standard InChI is InChI=1S/C18H22BrN/c1-12-5-6-13(2)17(9-12)15(4)20-11-16-7-8-18(19)14(3)10-16/h5-10,15,20H,11H2,1-4H3. The molecule has 106 valence electrons. The van der Waals surface area contributed by atoms with Gasteiger partial charge in [0.2, 0.25) is 0 Å². The predicted octanol–water partition coefficient (Wildman–Crippen LogP) is 5.23. The highest BCUT2D eigenvalue weighted by molar-refractivity contribution is 9.10. The number of benzene rings is 2. The summed E-state index contributed by atoms with van der Waals surface area (Å²) >= 11 is 3.54. The molecule has 1 N–H and O–H groups in total. The third-order valence-corrected chi connectivity index (χ3v) is 4.63. The van der Waals surface area contributed by atoms with Crippen molar-refractivity contribution < 1.29 is 0 Å². The zero-order valence-electron chi connectivity index (χ0n) is 12.6. The molecule has 0 saturated carbocycles. The van der Waals surface area contributed by atoms with Crippen LogP contribution in [0.3, 0.4) is 0 Å². The van der Waals surface area contributed by atoms with Crippen LogP contribution in [0.5, 0.6) is 0 Å². The molecular formula is C18H22BrN. The maximum absolute atomic E-state index is 3.61. The Bertz CT molecular complexity index is 604. The lowest BCUT2D eigenvalue weighted by Crippen LogP contribution is -2.19. The lowest BCUT2D eigenvalue weighted by molar-refractivity contribution is 0.571. The van der Waals surface area contributed by atoms with Crippen molar-refractivity contribution in [1.29, 1.82) is 0 Å². The van der Waals surface area contributed by atoms with E-state index in [-0.39, 0.29) is 0 Å². The Balaban J connectivity index is 2.06. The molecule has 0 bridgehead atoms. The van der Waals surface area contributed by atoms with Gasteiger partial charge in [0.25, 0.3) is 0 Å². The molecule has 1 unspecified atom stereocenters. The summed E-state index contributed by atoms with van der Waals surface area (Å²) in [4.78, 5) is 0. The second-order valence-electron chi connectivity index (χ2n) is 5.55. The smallest absolute Gasteiger partial charge is 0.0297 e. The van der Waals surface area contributed by atoms with Gasteiger partial charge in [-0.2, -0.15) is 0 Å². The van der Waals surface area contributed by atoms with E-state index < -0.39 is 0 Å². The van der Waals surface area contributed by atoms with E-state index in [0.29, 0.717) is 6.04 Å². The number of rotatable bonds is 4. The second kappa shape index (κ2) is 6.55. The Kier molecular flexibility index (Phi) is 5.00. The molecule has 0 aliphatic heterocycles. The highest BCUT2D eigenvalue weighted by Gasteiger charge is 2.08. The highest BCUT2D eigenvalue weighted by Crippen LogP contribution is 2.21. The summed E-state index contributed by atoms with van der Waals surface area (Å²) in [6, 6.07) is 13.5. The van der Waals surface area contributed by atoms with Crippen molar-refractivity contribution in [1.82, 2.24) is 5.32 Å². The van der Waals surface area contributed by atoms with Crippen molar-refractivity contribution in [2.45, 2.75) is 40.3 Å². The van der Waals surface area contributed by atoms with Crippen molar-refractivity contribution in [2.75, 3.05) is 0 Å². The molecule has 2 heteroatoms. The maximum Gasteiger partial charge on any atom is 0.0297 e. The Labute approximate surface area is 130 Å². The molecule has 2 rings (SSSR count). The fourth-order valence-electron chi connectivity index (χ4n) is 2.42. The molecule has 0 spiro atoms. The first kappa shape index (κ1) is 15.3. The van der Waals surface area contributed by atoms with Crippen molar-refractivity contribution in [2.24, 2.45) is 0 Å². The van der Waals surface area contributed by atoms with Gasteiger partial charge in [0.1, 0.15) is 0 Å². The van der Waals surface area contributed by atoms with Crippen LogP contribution in [0.2, 0.25) is 0 Å². The summed E-state index contributed by atoms with van der Waals surface area (Å²) in [5.74, 6) is 0. The number of hydrogen-bond donors (Lipinski definition) is 1. The van der Waals surface area contributed by atoms with Gasteiger partial charge in [-0.1, -0.05) is 51.8 Å². The summed E-state index contributed by atoms with van der Waals surface area (Å²) in [5, 5.41) is 3.61. The van der Waals surface area contributed by atoms with Gasteiger partial charge in [-0.25, -0.2) is 0 Å². The van der Waals surface area contributed by atoms with E-state index in [4.69, 9.17) is 0 Å². The van der Waals surface area contributed by atoms with Crippen LogP contribution in [-0.2, 0) is 6.54 Å². The van der Waals surface area contributed by atoms with Gasteiger partial charge >= 0.3 is 0 Å². The van der Waals surface area contributed by atoms with Crippen LogP contribution in [0.4, 0.5) is 0 Å². The largest absolute Gasteiger partial charge is 0.306 e. The minimum Gasteiger partial charge on any atom is -0.306 e. The fourth-order valence-corrected chi connectivity index (χ4v) is 2.67. The summed E-state index contributed by atoms with van der Waals surface area (Å²) in [7, 11) is 0. The van der Waals surface area contributed by atoms with Crippen LogP contribution in [-0.4, -0.2) is 0 Å². The molecule has 2 aromatic rings. The molecule has 0 heterocycles. The topological polar surface area (TPSA) is 12.0 Å². The quantitative estimate of drug-likeness (QED) is 0.809. The summed E-state index contributed by atoms with van der Waals surface area (Å²) in [5.41, 5.74) is 6.66. The average Bonchev–Trinajstić information content (AvgIpc) is 2.42. The van der Waals surface area contributed by atoms with Crippen molar-refractivity contribution in [3.8, 4) is 0 Å². The normalized spacial score (nSPS) is 12.4. The highest BCUT2D eigenvalue weighted by atomic mass is 79.9. The average molecular weight is 332 g/mol. The number of aryl methyl sites for hydroxylation is 3. The van der Waals surface area contributed by atoms with Gasteiger partial charge in [0.05, 0.1) is 0 Å². The number of halogens is 1. The minimum atomic E-state index is 0.360. The number of hydrogen-bond acceptors (Lipinski definition) is 1. The van der Waals surface area contributed by atoms with E-state index in [1.54, 1.807) is 0 Å². The van der Waals surface area contributed by atoms with E-state index in [0.717, 1.165) is 6.54 Å². The summed E-state index contributed by atoms with van der Waals surface area (Å²) < 4.78 is 1.17. The molecular weight excluding hydrogens is 310 g/mol. The van der Waals surface area contributed by atoms with Gasteiger partial charge in [-0.15, -0.1) is 0 Å². The molecule has 0 fully saturated rings. The van der Waals surface area contributed by atoms with Gasteiger partial charge in [-0.05, 0) is 56.0 Å². The fraction of sp³-hybridized carbons (Fsp3) is 0.333. The molecule has 1 atom stereocenters. The molecule has 0 aliphatic rings. The van der Waals surface area contributed by atoms with Crippen LogP contribution < -0.4 is 5.32 Å². The van der Waals surface area contributed by atoms with E-state index in [1.807, 2.05) is 0 Å². The first-order valence-corrected chi connectivity index (χ1v) is 7.82. The van der Waals surface area contributed by atoms with Crippen LogP contribution in [0.1, 0.15) is 40.8 Å².